The lowest BCUT2D eigenvalue weighted by Crippen LogP contribution is -2.06. The van der Waals surface area contributed by atoms with Gasteiger partial charge in [-0.3, -0.25) is 0 Å². The van der Waals surface area contributed by atoms with Crippen LogP contribution in [-0.2, 0) is 10.3 Å². The van der Waals surface area contributed by atoms with Crippen molar-refractivity contribution in [3.8, 4) is 0 Å². The fourth-order valence-corrected chi connectivity index (χ4v) is 1.81. The van der Waals surface area contributed by atoms with Crippen LogP contribution < -0.4 is 0 Å². The molecule has 1 aromatic carbocycles. The monoisotopic (exact) mass is 219 g/mol. The van der Waals surface area contributed by atoms with E-state index >= 15 is 0 Å². The van der Waals surface area contributed by atoms with E-state index in [1.807, 2.05) is 6.07 Å². The Morgan fingerprint density at radius 1 is 1.50 bits per heavy atom. The highest BCUT2D eigenvalue weighted by molar-refractivity contribution is 5.42. The molecule has 4 heteroatoms. The summed E-state index contributed by atoms with van der Waals surface area (Å²) >= 11 is 0. The lowest BCUT2D eigenvalue weighted by molar-refractivity contribution is 0.0955. The minimum atomic E-state index is -0.879. The zero-order valence-corrected chi connectivity index (χ0v) is 8.76. The third-order valence-electron chi connectivity index (χ3n) is 2.96. The number of rotatable bonds is 4. The minimum Gasteiger partial charge on any atom is -0.393 e. The van der Waals surface area contributed by atoms with Crippen LogP contribution in [0.2, 0.25) is 0 Å². The van der Waals surface area contributed by atoms with Crippen LogP contribution in [0.5, 0.6) is 0 Å². The lowest BCUT2D eigenvalue weighted by Gasteiger charge is -2.12. The number of carbonyl (C=O) groups excluding carboxylic acids is 1. The summed E-state index contributed by atoms with van der Waals surface area (Å²) in [5.41, 5.74) is 1.13. The molecule has 84 valence electrons. The van der Waals surface area contributed by atoms with E-state index in [0.29, 0.717) is 5.56 Å². The first-order chi connectivity index (χ1) is 7.72. The van der Waals surface area contributed by atoms with Crippen LogP contribution in [-0.4, -0.2) is 22.9 Å². The van der Waals surface area contributed by atoms with Gasteiger partial charge in [-0.1, -0.05) is 24.3 Å². The summed E-state index contributed by atoms with van der Waals surface area (Å²) in [6, 6.07) is 7.20. The van der Waals surface area contributed by atoms with Crippen LogP contribution in [0.1, 0.15) is 30.1 Å². The summed E-state index contributed by atoms with van der Waals surface area (Å²) in [4.78, 5) is 14.1. The average Bonchev–Trinajstić information content (AvgIpc) is 3.10. The van der Waals surface area contributed by atoms with Crippen LogP contribution in [0, 0.1) is 0 Å². The Morgan fingerprint density at radius 3 is 2.81 bits per heavy atom. The average molecular weight is 219 g/mol. The number of aliphatic imine (C=N–C) groups is 1. The normalized spacial score (nSPS) is 18.6. The first kappa shape index (κ1) is 11.0. The predicted molar refractivity (Wildman–Crippen MR) is 57.5 cm³/mol. The number of hydrogen-bond acceptors (Lipinski definition) is 4. The van der Waals surface area contributed by atoms with E-state index < -0.39 is 11.6 Å². The van der Waals surface area contributed by atoms with Crippen LogP contribution in [0.3, 0.4) is 0 Å². The Morgan fingerprint density at radius 2 is 2.25 bits per heavy atom. The van der Waals surface area contributed by atoms with Gasteiger partial charge in [0.05, 0.1) is 12.1 Å². The second kappa shape index (κ2) is 4.18. The van der Waals surface area contributed by atoms with Crippen molar-refractivity contribution in [2.24, 2.45) is 4.99 Å². The molecule has 2 N–H and O–H groups in total. The van der Waals surface area contributed by atoms with Gasteiger partial charge in [0.2, 0.25) is 6.08 Å². The summed E-state index contributed by atoms with van der Waals surface area (Å²) in [5, 5.41) is 18.4. The van der Waals surface area contributed by atoms with Gasteiger partial charge in [0.25, 0.3) is 0 Å². The maximum atomic E-state index is 10.3. The molecule has 0 spiro atoms. The smallest absolute Gasteiger partial charge is 0.235 e. The maximum Gasteiger partial charge on any atom is 0.235 e. The van der Waals surface area contributed by atoms with Crippen molar-refractivity contribution < 1.29 is 15.0 Å². The van der Waals surface area contributed by atoms with E-state index in [1.165, 1.54) is 0 Å². The molecular formula is C12H13NO3. The zero-order chi connectivity index (χ0) is 11.6. The molecule has 1 saturated carbocycles. The molecule has 1 aliphatic carbocycles. The number of benzene rings is 1. The van der Waals surface area contributed by atoms with Gasteiger partial charge in [-0.05, 0) is 24.0 Å². The molecule has 4 nitrogen and oxygen atoms in total. The molecule has 2 rings (SSSR count). The summed E-state index contributed by atoms with van der Waals surface area (Å²) in [6.07, 6.45) is 2.38. The van der Waals surface area contributed by atoms with Gasteiger partial charge in [-0.2, -0.15) is 4.99 Å². The van der Waals surface area contributed by atoms with Gasteiger partial charge in [0.1, 0.15) is 6.10 Å². The summed E-state index contributed by atoms with van der Waals surface area (Å²) in [7, 11) is 0. The molecule has 0 radical (unpaired) electrons. The fraction of sp³-hybridized carbons (Fsp3) is 0.417. The van der Waals surface area contributed by atoms with E-state index in [-0.39, 0.29) is 6.61 Å². The van der Waals surface area contributed by atoms with E-state index in [0.717, 1.165) is 18.4 Å². The van der Waals surface area contributed by atoms with Gasteiger partial charge in [-0.15, -0.1) is 0 Å². The van der Waals surface area contributed by atoms with Crippen molar-refractivity contribution >= 4 is 6.08 Å². The van der Waals surface area contributed by atoms with E-state index in [2.05, 4.69) is 4.99 Å². The topological polar surface area (TPSA) is 69.9 Å². The molecule has 1 aliphatic rings. The van der Waals surface area contributed by atoms with Crippen molar-refractivity contribution in [1.82, 2.24) is 0 Å². The maximum absolute atomic E-state index is 10.3. The molecule has 1 unspecified atom stereocenters. The van der Waals surface area contributed by atoms with E-state index in [4.69, 9.17) is 5.11 Å². The first-order valence-electron chi connectivity index (χ1n) is 5.20. The lowest BCUT2D eigenvalue weighted by atomic mass is 10.0. The number of hydrogen-bond donors (Lipinski definition) is 2. The van der Waals surface area contributed by atoms with Gasteiger partial charge in [0, 0.05) is 0 Å². The van der Waals surface area contributed by atoms with Crippen molar-refractivity contribution in [2.75, 3.05) is 6.61 Å². The zero-order valence-electron chi connectivity index (χ0n) is 8.76. The van der Waals surface area contributed by atoms with Gasteiger partial charge in [0.15, 0.2) is 0 Å². The highest BCUT2D eigenvalue weighted by Crippen LogP contribution is 2.49. The van der Waals surface area contributed by atoms with Crippen molar-refractivity contribution in [3.63, 3.8) is 0 Å². The molecule has 1 fully saturated rings. The van der Waals surface area contributed by atoms with Crippen LogP contribution >= 0.6 is 0 Å². The standard InChI is InChI=1S/C12H13NO3/c14-7-11(16)9-2-1-3-10(6-9)12(4-5-12)13-8-15/h1-3,6,11,14,16H,4-5,7H2. The molecule has 1 aromatic rings. The molecule has 0 saturated heterocycles. The minimum absolute atomic E-state index is 0.312. The Kier molecular flexibility index (Phi) is 2.88. The number of aliphatic hydroxyl groups is 2. The summed E-state index contributed by atoms with van der Waals surface area (Å²) in [6.45, 7) is -0.312. The van der Waals surface area contributed by atoms with E-state index in [1.54, 1.807) is 24.3 Å². The Labute approximate surface area is 93.3 Å². The third kappa shape index (κ3) is 1.91. The molecule has 0 aromatic heterocycles. The molecule has 0 heterocycles. The Bertz CT molecular complexity index is 434. The Balaban J connectivity index is 2.33. The number of isocyanates is 1. The quantitative estimate of drug-likeness (QED) is 0.587. The predicted octanol–water partition coefficient (Wildman–Crippen LogP) is 1.04. The van der Waals surface area contributed by atoms with Crippen LogP contribution in [0.25, 0.3) is 0 Å². The van der Waals surface area contributed by atoms with Crippen LogP contribution in [0.4, 0.5) is 0 Å². The molecule has 0 amide bonds. The Hall–Kier alpha value is -1.48. The molecule has 0 bridgehead atoms. The number of nitrogens with zero attached hydrogens (tertiary/aromatic N) is 1. The molecule has 0 aliphatic heterocycles. The molecular weight excluding hydrogens is 206 g/mol. The van der Waals surface area contributed by atoms with Crippen LogP contribution in [0.15, 0.2) is 29.3 Å². The highest BCUT2D eigenvalue weighted by Gasteiger charge is 2.44. The van der Waals surface area contributed by atoms with Crippen molar-refractivity contribution in [2.45, 2.75) is 24.5 Å². The summed E-state index contributed by atoms with van der Waals surface area (Å²) < 4.78 is 0. The van der Waals surface area contributed by atoms with Gasteiger partial charge < -0.3 is 10.2 Å². The van der Waals surface area contributed by atoms with Crippen molar-refractivity contribution in [3.05, 3.63) is 35.4 Å². The SMILES string of the molecule is O=C=NC1(c2cccc(C(O)CO)c2)CC1. The number of aliphatic hydroxyl groups excluding tert-OH is 2. The second-order valence-electron chi connectivity index (χ2n) is 4.06. The third-order valence-corrected chi connectivity index (χ3v) is 2.96. The second-order valence-corrected chi connectivity index (χ2v) is 4.06. The van der Waals surface area contributed by atoms with E-state index in [9.17, 15) is 9.90 Å². The summed E-state index contributed by atoms with van der Waals surface area (Å²) in [5.74, 6) is 0. The van der Waals surface area contributed by atoms with Crippen molar-refractivity contribution in [1.29, 1.82) is 0 Å². The van der Waals surface area contributed by atoms with Gasteiger partial charge in [-0.25, -0.2) is 4.79 Å². The first-order valence-corrected chi connectivity index (χ1v) is 5.20. The van der Waals surface area contributed by atoms with Gasteiger partial charge >= 0.3 is 0 Å². The highest BCUT2D eigenvalue weighted by atomic mass is 16.3. The largest absolute Gasteiger partial charge is 0.393 e. The molecule has 1 atom stereocenters. The molecule has 16 heavy (non-hydrogen) atoms. The fourth-order valence-electron chi connectivity index (χ4n) is 1.81.